The van der Waals surface area contributed by atoms with Gasteiger partial charge in [-0.3, -0.25) is 19.2 Å². The fourth-order valence-corrected chi connectivity index (χ4v) is 2.00. The van der Waals surface area contributed by atoms with Gasteiger partial charge in [0, 0.05) is 33.0 Å². The lowest BCUT2D eigenvalue weighted by atomic mass is 10.2. The van der Waals surface area contributed by atoms with Crippen LogP contribution in [0.2, 0.25) is 0 Å². The van der Waals surface area contributed by atoms with E-state index >= 15 is 0 Å². The molecule has 0 atom stereocenters. The number of rotatable bonds is 15. The van der Waals surface area contributed by atoms with E-state index in [-0.39, 0.29) is 24.3 Å². The maximum absolute atomic E-state index is 11.6. The minimum Gasteiger partial charge on any atom is -0.359 e. The Morgan fingerprint density at radius 2 is 1.38 bits per heavy atom. The molecule has 24 heavy (non-hydrogen) atoms. The summed E-state index contributed by atoms with van der Waals surface area (Å²) in [5, 5.41) is 10.6. The Morgan fingerprint density at radius 3 is 2.04 bits per heavy atom. The van der Waals surface area contributed by atoms with Gasteiger partial charge in [-0.15, -0.1) is 0 Å². The zero-order chi connectivity index (χ0) is 18.0. The van der Waals surface area contributed by atoms with Crippen LogP contribution in [0.5, 0.6) is 0 Å². The summed E-state index contributed by atoms with van der Waals surface area (Å²) in [5.74, 6) is -0.374. The predicted octanol–water partition coefficient (Wildman–Crippen LogP) is -0.168. The van der Waals surface area contributed by atoms with E-state index in [0.717, 1.165) is 38.5 Å². The summed E-state index contributed by atoms with van der Waals surface area (Å²) in [4.78, 5) is 43.8. The molecule has 0 heterocycles. The highest BCUT2D eigenvalue weighted by Gasteiger charge is 2.05. The van der Waals surface area contributed by atoms with Gasteiger partial charge in [-0.05, 0) is 32.1 Å². The predicted molar refractivity (Wildman–Crippen MR) is 91.1 cm³/mol. The summed E-state index contributed by atoms with van der Waals surface area (Å²) in [5.41, 5.74) is 0. The smallest absolute Gasteiger partial charge is 0.239 e. The van der Waals surface area contributed by atoms with E-state index in [2.05, 4.69) is 21.3 Å². The maximum Gasteiger partial charge on any atom is 0.239 e. The highest BCUT2D eigenvalue weighted by atomic mass is 16.2. The lowest BCUT2D eigenvalue weighted by Gasteiger charge is -2.07. The lowest BCUT2D eigenvalue weighted by Crippen LogP contribution is -2.37. The quantitative estimate of drug-likeness (QED) is 0.244. The molecule has 0 aromatic heterocycles. The van der Waals surface area contributed by atoms with Gasteiger partial charge in [0.25, 0.3) is 0 Å². The van der Waals surface area contributed by atoms with Crippen molar-refractivity contribution in [1.29, 1.82) is 0 Å². The molecule has 0 bridgehead atoms. The Bertz CT molecular complexity index is 388. The lowest BCUT2D eigenvalue weighted by molar-refractivity contribution is -0.126. The van der Waals surface area contributed by atoms with Crippen molar-refractivity contribution in [3.63, 3.8) is 0 Å². The fraction of sp³-hybridized carbons (Fsp3) is 0.750. The van der Waals surface area contributed by atoms with Crippen LogP contribution in [0.25, 0.3) is 0 Å². The standard InChI is InChI=1S/C16H30N4O4/c1-14(22)18-10-6-2-4-8-15(23)20-12-16(24)19-11-7-3-5-9-17-13-21/h13H,2-12H2,1H3,(H,17,21)(H,18,22)(H,19,24)(H,20,23). The van der Waals surface area contributed by atoms with Crippen molar-refractivity contribution >= 4 is 24.1 Å². The average Bonchev–Trinajstić information content (AvgIpc) is 2.55. The molecule has 0 rings (SSSR count). The van der Waals surface area contributed by atoms with Gasteiger partial charge in [0.15, 0.2) is 0 Å². The molecule has 8 heteroatoms. The molecule has 0 saturated heterocycles. The molecule has 0 aliphatic rings. The molecular weight excluding hydrogens is 312 g/mol. The van der Waals surface area contributed by atoms with Crippen LogP contribution in [0.1, 0.15) is 51.9 Å². The van der Waals surface area contributed by atoms with Crippen molar-refractivity contribution in [1.82, 2.24) is 21.3 Å². The first kappa shape index (κ1) is 21.9. The third-order valence-corrected chi connectivity index (χ3v) is 3.30. The second-order valence-electron chi connectivity index (χ2n) is 5.55. The summed E-state index contributed by atoms with van der Waals surface area (Å²) < 4.78 is 0. The van der Waals surface area contributed by atoms with Gasteiger partial charge in [0.1, 0.15) is 0 Å². The van der Waals surface area contributed by atoms with Crippen molar-refractivity contribution < 1.29 is 19.2 Å². The minimum absolute atomic E-state index is 0.00256. The Balaban J connectivity index is 3.40. The van der Waals surface area contributed by atoms with E-state index < -0.39 is 0 Å². The number of unbranched alkanes of at least 4 members (excludes halogenated alkanes) is 4. The molecule has 0 radical (unpaired) electrons. The molecule has 138 valence electrons. The number of carbonyl (C=O) groups excluding carboxylic acids is 4. The number of carbonyl (C=O) groups is 4. The van der Waals surface area contributed by atoms with E-state index in [1.54, 1.807) is 0 Å². The second-order valence-corrected chi connectivity index (χ2v) is 5.55. The van der Waals surface area contributed by atoms with E-state index in [0.29, 0.717) is 32.5 Å². The monoisotopic (exact) mass is 342 g/mol. The molecule has 0 spiro atoms. The SMILES string of the molecule is CC(=O)NCCCCCC(=O)NCC(=O)NCCCCCNC=O. The molecule has 0 fully saturated rings. The van der Waals surface area contributed by atoms with Gasteiger partial charge in [-0.25, -0.2) is 0 Å². The topological polar surface area (TPSA) is 116 Å². The van der Waals surface area contributed by atoms with Crippen LogP contribution >= 0.6 is 0 Å². The summed E-state index contributed by atoms with van der Waals surface area (Å²) in [6, 6.07) is 0. The summed E-state index contributed by atoms with van der Waals surface area (Å²) >= 11 is 0. The van der Waals surface area contributed by atoms with Crippen LogP contribution in [-0.4, -0.2) is 50.3 Å². The Hall–Kier alpha value is -2.12. The van der Waals surface area contributed by atoms with Crippen LogP contribution in [0, 0.1) is 0 Å². The van der Waals surface area contributed by atoms with Gasteiger partial charge in [0.05, 0.1) is 6.54 Å². The molecule has 0 unspecified atom stereocenters. The Kier molecular flexibility index (Phi) is 14.4. The normalized spacial score (nSPS) is 9.88. The Labute approximate surface area is 143 Å². The van der Waals surface area contributed by atoms with Crippen LogP contribution in [0.3, 0.4) is 0 Å². The molecule has 0 aliphatic carbocycles. The first-order valence-electron chi connectivity index (χ1n) is 8.51. The van der Waals surface area contributed by atoms with Crippen molar-refractivity contribution in [2.24, 2.45) is 0 Å². The third kappa shape index (κ3) is 16.3. The summed E-state index contributed by atoms with van der Waals surface area (Å²) in [7, 11) is 0. The zero-order valence-electron chi connectivity index (χ0n) is 14.5. The summed E-state index contributed by atoms with van der Waals surface area (Å²) in [6.45, 7) is 3.32. The molecule has 0 saturated carbocycles. The molecule has 4 amide bonds. The molecule has 0 aromatic rings. The van der Waals surface area contributed by atoms with Crippen LogP contribution in [0.4, 0.5) is 0 Å². The molecule has 0 aliphatic heterocycles. The van der Waals surface area contributed by atoms with Gasteiger partial charge in [-0.1, -0.05) is 6.42 Å². The van der Waals surface area contributed by atoms with E-state index in [4.69, 9.17) is 0 Å². The molecule has 0 aromatic carbocycles. The van der Waals surface area contributed by atoms with Crippen molar-refractivity contribution in [3.8, 4) is 0 Å². The minimum atomic E-state index is -0.194. The molecule has 4 N–H and O–H groups in total. The summed E-state index contributed by atoms with van der Waals surface area (Å²) in [6.07, 6.45) is 6.15. The van der Waals surface area contributed by atoms with Gasteiger partial charge in [-0.2, -0.15) is 0 Å². The highest BCUT2D eigenvalue weighted by molar-refractivity contribution is 5.84. The van der Waals surface area contributed by atoms with Crippen molar-refractivity contribution in [3.05, 3.63) is 0 Å². The first-order chi connectivity index (χ1) is 11.6. The van der Waals surface area contributed by atoms with E-state index in [1.807, 2.05) is 0 Å². The zero-order valence-corrected chi connectivity index (χ0v) is 14.5. The highest BCUT2D eigenvalue weighted by Crippen LogP contribution is 1.98. The Morgan fingerprint density at radius 1 is 0.750 bits per heavy atom. The van der Waals surface area contributed by atoms with Crippen molar-refractivity contribution in [2.75, 3.05) is 26.2 Å². The number of hydrogen-bond acceptors (Lipinski definition) is 4. The van der Waals surface area contributed by atoms with E-state index in [9.17, 15) is 19.2 Å². The fourth-order valence-electron chi connectivity index (χ4n) is 2.00. The second kappa shape index (κ2) is 15.8. The van der Waals surface area contributed by atoms with Gasteiger partial charge in [0.2, 0.25) is 24.1 Å². The van der Waals surface area contributed by atoms with Crippen molar-refractivity contribution in [2.45, 2.75) is 51.9 Å². The van der Waals surface area contributed by atoms with Crippen LogP contribution < -0.4 is 21.3 Å². The van der Waals surface area contributed by atoms with E-state index in [1.165, 1.54) is 6.92 Å². The van der Waals surface area contributed by atoms with Gasteiger partial charge < -0.3 is 21.3 Å². The molecular formula is C16H30N4O4. The number of hydrogen-bond donors (Lipinski definition) is 4. The average molecular weight is 342 g/mol. The first-order valence-corrected chi connectivity index (χ1v) is 8.51. The van der Waals surface area contributed by atoms with Gasteiger partial charge >= 0.3 is 0 Å². The number of nitrogens with one attached hydrogen (secondary N) is 4. The number of amides is 4. The largest absolute Gasteiger partial charge is 0.359 e. The molecule has 8 nitrogen and oxygen atoms in total. The maximum atomic E-state index is 11.6. The van der Waals surface area contributed by atoms with Crippen LogP contribution in [-0.2, 0) is 19.2 Å². The third-order valence-electron chi connectivity index (χ3n) is 3.30. The van der Waals surface area contributed by atoms with Crippen LogP contribution in [0.15, 0.2) is 0 Å².